The Morgan fingerprint density at radius 2 is 2.13 bits per heavy atom. The molecule has 1 aliphatic carbocycles. The van der Waals surface area contributed by atoms with Crippen LogP contribution in [0.25, 0.3) is 0 Å². The van der Waals surface area contributed by atoms with Crippen LogP contribution in [0.2, 0.25) is 0 Å². The fourth-order valence-corrected chi connectivity index (χ4v) is 2.87. The van der Waals surface area contributed by atoms with Crippen molar-refractivity contribution in [2.24, 2.45) is 11.1 Å². The molecule has 0 spiro atoms. The lowest BCUT2D eigenvalue weighted by atomic mass is 9.68. The van der Waals surface area contributed by atoms with E-state index in [0.717, 1.165) is 6.54 Å². The normalized spacial score (nSPS) is 21.4. The molecule has 2 N–H and O–H groups in total. The molecule has 1 unspecified atom stereocenters. The molecule has 0 aromatic heterocycles. The monoisotopic (exact) mass is 230 g/mol. The molecule has 15 heavy (non-hydrogen) atoms. The standard InChI is InChI=1S/C12H26N2S/c1-11(5-8-15-3)14(2)10-12(9-13)6-4-7-12/h11H,4-10,13H2,1-3H3. The first-order chi connectivity index (χ1) is 7.13. The summed E-state index contributed by atoms with van der Waals surface area (Å²) in [5, 5.41) is 0. The summed E-state index contributed by atoms with van der Waals surface area (Å²) in [6.07, 6.45) is 7.52. The second kappa shape index (κ2) is 6.12. The average molecular weight is 230 g/mol. The predicted molar refractivity (Wildman–Crippen MR) is 70.4 cm³/mol. The topological polar surface area (TPSA) is 29.3 Å². The maximum absolute atomic E-state index is 5.89. The van der Waals surface area contributed by atoms with Gasteiger partial charge in [-0.25, -0.2) is 0 Å². The van der Waals surface area contributed by atoms with Crippen LogP contribution in [0, 0.1) is 5.41 Å². The van der Waals surface area contributed by atoms with Gasteiger partial charge in [0.1, 0.15) is 0 Å². The number of nitrogens with two attached hydrogens (primary N) is 1. The maximum atomic E-state index is 5.89. The molecule has 1 rings (SSSR count). The number of nitrogens with zero attached hydrogens (tertiary/aromatic N) is 1. The largest absolute Gasteiger partial charge is 0.330 e. The van der Waals surface area contributed by atoms with E-state index < -0.39 is 0 Å². The zero-order valence-corrected chi connectivity index (χ0v) is 11.3. The number of hydrogen-bond acceptors (Lipinski definition) is 3. The molecule has 0 aromatic rings. The highest BCUT2D eigenvalue weighted by Crippen LogP contribution is 2.40. The van der Waals surface area contributed by atoms with Crippen LogP contribution >= 0.6 is 11.8 Å². The Bertz CT molecular complexity index is 175. The zero-order chi connectivity index (χ0) is 11.3. The van der Waals surface area contributed by atoms with Crippen LogP contribution in [0.4, 0.5) is 0 Å². The fraction of sp³-hybridized carbons (Fsp3) is 1.00. The number of hydrogen-bond donors (Lipinski definition) is 1. The van der Waals surface area contributed by atoms with Gasteiger partial charge in [-0.05, 0) is 57.2 Å². The molecule has 0 heterocycles. The Morgan fingerprint density at radius 1 is 1.47 bits per heavy atom. The Hall–Kier alpha value is 0.270. The Balaban J connectivity index is 2.30. The van der Waals surface area contributed by atoms with Crippen LogP contribution in [-0.2, 0) is 0 Å². The van der Waals surface area contributed by atoms with Crippen LogP contribution in [-0.4, -0.2) is 43.1 Å². The molecule has 2 nitrogen and oxygen atoms in total. The van der Waals surface area contributed by atoms with E-state index in [9.17, 15) is 0 Å². The van der Waals surface area contributed by atoms with Gasteiger partial charge in [0.25, 0.3) is 0 Å². The summed E-state index contributed by atoms with van der Waals surface area (Å²) in [6.45, 7) is 4.39. The SMILES string of the molecule is CSCCC(C)N(C)CC1(CN)CCC1. The quantitative estimate of drug-likeness (QED) is 0.727. The molecule has 1 atom stereocenters. The average Bonchev–Trinajstić information content (AvgIpc) is 2.19. The van der Waals surface area contributed by atoms with Gasteiger partial charge in [0, 0.05) is 12.6 Å². The second-order valence-corrected chi connectivity index (χ2v) is 6.09. The summed E-state index contributed by atoms with van der Waals surface area (Å²) in [7, 11) is 2.25. The summed E-state index contributed by atoms with van der Waals surface area (Å²) in [4.78, 5) is 2.50. The van der Waals surface area contributed by atoms with Gasteiger partial charge in [-0.15, -0.1) is 0 Å². The highest BCUT2D eigenvalue weighted by molar-refractivity contribution is 7.98. The van der Waals surface area contributed by atoms with Gasteiger partial charge in [-0.3, -0.25) is 0 Å². The first-order valence-electron chi connectivity index (χ1n) is 6.03. The van der Waals surface area contributed by atoms with Crippen molar-refractivity contribution in [2.45, 2.75) is 38.6 Å². The molecule has 1 aliphatic rings. The molecule has 0 amide bonds. The summed E-state index contributed by atoms with van der Waals surface area (Å²) < 4.78 is 0. The van der Waals surface area contributed by atoms with E-state index in [0.29, 0.717) is 11.5 Å². The lowest BCUT2D eigenvalue weighted by Crippen LogP contribution is -2.48. The van der Waals surface area contributed by atoms with Crippen LogP contribution < -0.4 is 5.73 Å². The van der Waals surface area contributed by atoms with Gasteiger partial charge >= 0.3 is 0 Å². The minimum atomic E-state index is 0.461. The smallest absolute Gasteiger partial charge is 0.00719 e. The Morgan fingerprint density at radius 3 is 2.53 bits per heavy atom. The summed E-state index contributed by atoms with van der Waals surface area (Å²) in [5.41, 5.74) is 6.35. The van der Waals surface area contributed by atoms with Crippen molar-refractivity contribution >= 4 is 11.8 Å². The molecule has 90 valence electrons. The van der Waals surface area contributed by atoms with Crippen molar-refractivity contribution in [1.82, 2.24) is 4.90 Å². The van der Waals surface area contributed by atoms with Crippen LogP contribution in [0.1, 0.15) is 32.6 Å². The van der Waals surface area contributed by atoms with Gasteiger partial charge in [0.05, 0.1) is 0 Å². The summed E-state index contributed by atoms with van der Waals surface area (Å²) in [5.74, 6) is 1.27. The predicted octanol–water partition coefficient (Wildman–Crippen LogP) is 2.19. The molecule has 1 fully saturated rings. The van der Waals surface area contributed by atoms with Crippen LogP contribution in [0.5, 0.6) is 0 Å². The summed E-state index contributed by atoms with van der Waals surface area (Å²) in [6, 6.07) is 0.696. The fourth-order valence-electron chi connectivity index (χ4n) is 2.30. The van der Waals surface area contributed by atoms with E-state index in [4.69, 9.17) is 5.73 Å². The Kier molecular flexibility index (Phi) is 5.44. The lowest BCUT2D eigenvalue weighted by molar-refractivity contribution is 0.0700. The van der Waals surface area contributed by atoms with Crippen molar-refractivity contribution in [2.75, 3.05) is 32.1 Å². The van der Waals surface area contributed by atoms with Gasteiger partial charge in [-0.1, -0.05) is 6.42 Å². The lowest BCUT2D eigenvalue weighted by Gasteiger charge is -2.45. The first kappa shape index (κ1) is 13.3. The highest BCUT2D eigenvalue weighted by atomic mass is 32.2. The number of rotatable bonds is 7. The van der Waals surface area contributed by atoms with Crippen molar-refractivity contribution in [3.05, 3.63) is 0 Å². The molecule has 0 radical (unpaired) electrons. The van der Waals surface area contributed by atoms with E-state index in [2.05, 4.69) is 25.1 Å². The molecule has 0 saturated heterocycles. The first-order valence-corrected chi connectivity index (χ1v) is 7.42. The van der Waals surface area contributed by atoms with Crippen LogP contribution in [0.3, 0.4) is 0 Å². The van der Waals surface area contributed by atoms with Crippen LogP contribution in [0.15, 0.2) is 0 Å². The minimum absolute atomic E-state index is 0.461. The summed E-state index contributed by atoms with van der Waals surface area (Å²) >= 11 is 1.94. The van der Waals surface area contributed by atoms with Gasteiger partial charge < -0.3 is 10.6 Å². The molecule has 0 aromatic carbocycles. The third kappa shape index (κ3) is 3.65. The number of thioether (sulfide) groups is 1. The van der Waals surface area contributed by atoms with Crippen molar-refractivity contribution in [3.63, 3.8) is 0 Å². The maximum Gasteiger partial charge on any atom is 0.00719 e. The molecule has 0 bridgehead atoms. The zero-order valence-electron chi connectivity index (χ0n) is 10.5. The molecule has 0 aliphatic heterocycles. The molecular formula is C12H26N2S. The Labute approximate surface area is 99.0 Å². The van der Waals surface area contributed by atoms with E-state index in [1.807, 2.05) is 11.8 Å². The van der Waals surface area contributed by atoms with E-state index in [1.54, 1.807) is 0 Å². The van der Waals surface area contributed by atoms with Crippen molar-refractivity contribution < 1.29 is 0 Å². The third-order valence-electron chi connectivity index (χ3n) is 3.92. The molecular weight excluding hydrogens is 204 g/mol. The van der Waals surface area contributed by atoms with E-state index in [-0.39, 0.29) is 0 Å². The van der Waals surface area contributed by atoms with E-state index in [1.165, 1.54) is 38.0 Å². The highest BCUT2D eigenvalue weighted by Gasteiger charge is 2.36. The van der Waals surface area contributed by atoms with Gasteiger partial charge in [0.2, 0.25) is 0 Å². The van der Waals surface area contributed by atoms with E-state index >= 15 is 0 Å². The second-order valence-electron chi connectivity index (χ2n) is 5.10. The van der Waals surface area contributed by atoms with Gasteiger partial charge in [0.15, 0.2) is 0 Å². The molecule has 3 heteroatoms. The molecule has 1 saturated carbocycles. The van der Waals surface area contributed by atoms with Gasteiger partial charge in [-0.2, -0.15) is 11.8 Å². The third-order valence-corrected chi connectivity index (χ3v) is 4.57. The van der Waals surface area contributed by atoms with Crippen molar-refractivity contribution in [3.8, 4) is 0 Å². The minimum Gasteiger partial charge on any atom is -0.330 e. The van der Waals surface area contributed by atoms with Crippen molar-refractivity contribution in [1.29, 1.82) is 0 Å².